The van der Waals surface area contributed by atoms with Crippen molar-refractivity contribution in [1.82, 2.24) is 0 Å². The molecule has 0 spiro atoms. The second kappa shape index (κ2) is 7.49. The Hall–Kier alpha value is -2.34. The fraction of sp³-hybridized carbons (Fsp3) is 0.381. The van der Waals surface area contributed by atoms with Crippen molar-refractivity contribution < 1.29 is 4.39 Å². The van der Waals surface area contributed by atoms with Gasteiger partial charge in [-0.15, -0.1) is 0 Å². The summed E-state index contributed by atoms with van der Waals surface area (Å²) in [5, 5.41) is 8.84. The Balaban J connectivity index is 1.58. The van der Waals surface area contributed by atoms with Crippen molar-refractivity contribution >= 4 is 5.69 Å². The summed E-state index contributed by atoms with van der Waals surface area (Å²) in [4.78, 5) is 2.10. The number of hydrogen-bond donors (Lipinski definition) is 0. The quantitative estimate of drug-likeness (QED) is 0.814. The fourth-order valence-electron chi connectivity index (χ4n) is 3.46. The summed E-state index contributed by atoms with van der Waals surface area (Å²) in [5.41, 5.74) is 3.78. The molecular weight excluding hydrogens is 299 g/mol. The number of nitrogens with zero attached hydrogens (tertiary/aromatic N) is 2. The molecule has 1 heterocycles. The lowest BCUT2D eigenvalue weighted by molar-refractivity contribution is 0.401. The molecule has 0 atom stereocenters. The maximum absolute atomic E-state index is 14.1. The predicted octanol–water partition coefficient (Wildman–Crippen LogP) is 4.72. The maximum atomic E-state index is 14.1. The molecule has 0 unspecified atom stereocenters. The summed E-state index contributed by atoms with van der Waals surface area (Å²) in [5.74, 6) is 0.373. The minimum atomic E-state index is -0.289. The minimum Gasteiger partial charge on any atom is -0.369 e. The summed E-state index contributed by atoms with van der Waals surface area (Å²) >= 11 is 0. The van der Waals surface area contributed by atoms with Crippen LogP contribution in [-0.4, -0.2) is 13.1 Å². The zero-order valence-corrected chi connectivity index (χ0v) is 14.1. The van der Waals surface area contributed by atoms with Gasteiger partial charge in [-0.3, -0.25) is 0 Å². The molecule has 124 valence electrons. The molecule has 0 saturated carbocycles. The van der Waals surface area contributed by atoms with Crippen LogP contribution in [0.15, 0.2) is 42.5 Å². The van der Waals surface area contributed by atoms with E-state index in [1.165, 1.54) is 17.2 Å². The van der Waals surface area contributed by atoms with Gasteiger partial charge in [0, 0.05) is 13.1 Å². The zero-order valence-electron chi connectivity index (χ0n) is 14.1. The number of anilines is 1. The smallest absolute Gasteiger partial charge is 0.147 e. The van der Waals surface area contributed by atoms with Gasteiger partial charge in [-0.2, -0.15) is 5.26 Å². The normalized spacial score (nSPS) is 15.3. The SMILES string of the molecule is CCc1ccc(CC2CCN(c3ccc(C#N)cc3F)CC2)cc1. The lowest BCUT2D eigenvalue weighted by Gasteiger charge is -2.34. The van der Waals surface area contributed by atoms with Crippen molar-refractivity contribution in [2.75, 3.05) is 18.0 Å². The number of piperidine rings is 1. The molecule has 2 aromatic carbocycles. The van der Waals surface area contributed by atoms with Crippen LogP contribution < -0.4 is 4.90 Å². The Labute approximate surface area is 143 Å². The van der Waals surface area contributed by atoms with Crippen molar-refractivity contribution in [1.29, 1.82) is 5.26 Å². The second-order valence-electron chi connectivity index (χ2n) is 6.58. The van der Waals surface area contributed by atoms with Gasteiger partial charge in [-0.05, 0) is 60.9 Å². The van der Waals surface area contributed by atoms with Crippen molar-refractivity contribution in [3.8, 4) is 6.07 Å². The fourth-order valence-corrected chi connectivity index (χ4v) is 3.46. The third-order valence-corrected chi connectivity index (χ3v) is 4.99. The molecule has 3 heteroatoms. The summed E-state index contributed by atoms with van der Waals surface area (Å²) in [7, 11) is 0. The first-order valence-corrected chi connectivity index (χ1v) is 8.72. The lowest BCUT2D eigenvalue weighted by atomic mass is 9.89. The maximum Gasteiger partial charge on any atom is 0.147 e. The van der Waals surface area contributed by atoms with Gasteiger partial charge in [-0.25, -0.2) is 4.39 Å². The molecule has 0 N–H and O–H groups in total. The third-order valence-electron chi connectivity index (χ3n) is 4.99. The van der Waals surface area contributed by atoms with E-state index in [1.54, 1.807) is 12.1 Å². The number of aryl methyl sites for hydroxylation is 1. The van der Waals surface area contributed by atoms with E-state index in [2.05, 4.69) is 36.1 Å². The molecule has 1 saturated heterocycles. The molecule has 0 bridgehead atoms. The van der Waals surface area contributed by atoms with Crippen LogP contribution in [0.4, 0.5) is 10.1 Å². The molecule has 2 aromatic rings. The second-order valence-corrected chi connectivity index (χ2v) is 6.58. The molecule has 0 amide bonds. The van der Waals surface area contributed by atoms with Crippen LogP contribution in [0.1, 0.15) is 36.5 Å². The Morgan fingerprint density at radius 2 is 1.75 bits per heavy atom. The van der Waals surface area contributed by atoms with Crippen LogP contribution in [0.3, 0.4) is 0 Å². The Morgan fingerprint density at radius 1 is 1.08 bits per heavy atom. The molecule has 1 fully saturated rings. The van der Waals surface area contributed by atoms with Crippen LogP contribution in [0.5, 0.6) is 0 Å². The molecule has 3 rings (SSSR count). The standard InChI is InChI=1S/C21H23FN2/c1-2-16-3-5-17(6-4-16)13-18-9-11-24(12-10-18)21-8-7-19(15-23)14-20(21)22/h3-8,14,18H,2,9-13H2,1H3. The number of rotatable bonds is 4. The van der Waals surface area contributed by atoms with Crippen LogP contribution in [0.2, 0.25) is 0 Å². The number of nitriles is 1. The van der Waals surface area contributed by atoms with E-state index < -0.39 is 0 Å². The molecular formula is C21H23FN2. The Morgan fingerprint density at radius 3 is 2.33 bits per heavy atom. The van der Waals surface area contributed by atoms with Gasteiger partial charge in [-0.1, -0.05) is 31.2 Å². The summed E-state index contributed by atoms with van der Waals surface area (Å²) in [6.07, 6.45) is 4.34. The van der Waals surface area contributed by atoms with Gasteiger partial charge < -0.3 is 4.90 Å². The van der Waals surface area contributed by atoms with Crippen LogP contribution in [0.25, 0.3) is 0 Å². The van der Waals surface area contributed by atoms with E-state index in [-0.39, 0.29) is 5.82 Å². The highest BCUT2D eigenvalue weighted by Gasteiger charge is 2.21. The van der Waals surface area contributed by atoms with Crippen LogP contribution in [0, 0.1) is 23.1 Å². The highest BCUT2D eigenvalue weighted by molar-refractivity contribution is 5.51. The Bertz CT molecular complexity index is 722. The van der Waals surface area contributed by atoms with Crippen LogP contribution in [-0.2, 0) is 12.8 Å². The minimum absolute atomic E-state index is 0.289. The molecule has 0 aliphatic carbocycles. The zero-order chi connectivity index (χ0) is 16.9. The summed E-state index contributed by atoms with van der Waals surface area (Å²) in [6, 6.07) is 15.7. The highest BCUT2D eigenvalue weighted by Crippen LogP contribution is 2.28. The van der Waals surface area contributed by atoms with E-state index in [0.29, 0.717) is 17.2 Å². The van der Waals surface area contributed by atoms with Crippen molar-refractivity contribution in [2.24, 2.45) is 5.92 Å². The molecule has 24 heavy (non-hydrogen) atoms. The molecule has 1 aliphatic heterocycles. The first-order valence-electron chi connectivity index (χ1n) is 8.72. The summed E-state index contributed by atoms with van der Waals surface area (Å²) < 4.78 is 14.1. The monoisotopic (exact) mass is 322 g/mol. The first kappa shape index (κ1) is 16.5. The van der Waals surface area contributed by atoms with Gasteiger partial charge >= 0.3 is 0 Å². The topological polar surface area (TPSA) is 27.0 Å². The number of hydrogen-bond acceptors (Lipinski definition) is 2. The number of halogens is 1. The molecule has 0 radical (unpaired) electrons. The highest BCUT2D eigenvalue weighted by atomic mass is 19.1. The largest absolute Gasteiger partial charge is 0.369 e. The van der Waals surface area contributed by atoms with Crippen LogP contribution >= 0.6 is 0 Å². The third kappa shape index (κ3) is 3.76. The van der Waals surface area contributed by atoms with Gasteiger partial charge in [0.2, 0.25) is 0 Å². The van der Waals surface area contributed by atoms with Gasteiger partial charge in [0.25, 0.3) is 0 Å². The van der Waals surface area contributed by atoms with Gasteiger partial charge in [0.05, 0.1) is 17.3 Å². The Kier molecular flexibility index (Phi) is 5.15. The van der Waals surface area contributed by atoms with Gasteiger partial charge in [0.15, 0.2) is 0 Å². The van der Waals surface area contributed by atoms with Crippen molar-refractivity contribution in [3.05, 3.63) is 65.0 Å². The lowest BCUT2D eigenvalue weighted by Crippen LogP contribution is -2.34. The van der Waals surface area contributed by atoms with E-state index in [9.17, 15) is 4.39 Å². The average molecular weight is 322 g/mol. The van der Waals surface area contributed by atoms with Gasteiger partial charge in [0.1, 0.15) is 5.82 Å². The average Bonchev–Trinajstić information content (AvgIpc) is 2.63. The molecule has 2 nitrogen and oxygen atoms in total. The van der Waals surface area contributed by atoms with E-state index >= 15 is 0 Å². The van der Waals surface area contributed by atoms with E-state index in [1.807, 2.05) is 6.07 Å². The van der Waals surface area contributed by atoms with E-state index in [4.69, 9.17) is 5.26 Å². The van der Waals surface area contributed by atoms with Crippen molar-refractivity contribution in [3.63, 3.8) is 0 Å². The number of benzene rings is 2. The predicted molar refractivity (Wildman–Crippen MR) is 95.6 cm³/mol. The summed E-state index contributed by atoms with van der Waals surface area (Å²) in [6.45, 7) is 3.92. The molecule has 1 aliphatic rings. The van der Waals surface area contributed by atoms with Crippen molar-refractivity contribution in [2.45, 2.75) is 32.6 Å². The first-order chi connectivity index (χ1) is 11.7. The molecule has 0 aromatic heterocycles. The van der Waals surface area contributed by atoms with E-state index in [0.717, 1.165) is 38.8 Å².